The Morgan fingerprint density at radius 3 is 2.42 bits per heavy atom. The zero-order chi connectivity index (χ0) is 14.0. The van der Waals surface area contributed by atoms with E-state index in [0.717, 1.165) is 6.20 Å². The summed E-state index contributed by atoms with van der Waals surface area (Å²) in [6.07, 6.45) is 2.53. The van der Waals surface area contributed by atoms with Crippen molar-refractivity contribution in [2.75, 3.05) is 0 Å². The average Bonchev–Trinajstić information content (AvgIpc) is 2.37. The van der Waals surface area contributed by atoms with Crippen molar-refractivity contribution in [1.82, 2.24) is 9.97 Å². The molecule has 0 aliphatic heterocycles. The van der Waals surface area contributed by atoms with Crippen LogP contribution in [0, 0.1) is 17.1 Å². The van der Waals surface area contributed by atoms with E-state index in [-0.39, 0.29) is 11.4 Å². The first-order chi connectivity index (χ1) is 8.90. The minimum absolute atomic E-state index is 0.0856. The minimum Gasteiger partial charge on any atom is -0.261 e. The Morgan fingerprint density at radius 2 is 1.84 bits per heavy atom. The van der Waals surface area contributed by atoms with Gasteiger partial charge in [-0.15, -0.1) is 0 Å². The summed E-state index contributed by atoms with van der Waals surface area (Å²) in [6.45, 7) is 0. The molecule has 19 heavy (non-hydrogen) atoms. The second-order valence-corrected chi connectivity index (χ2v) is 4.06. The standard InChI is InChI=1S/C12H5B3FN3/c13-12(14,15)11-3-7(2-10(4-17)19-11)8-1-9(16)6-18-5-8/h1-3,5-6H. The van der Waals surface area contributed by atoms with Gasteiger partial charge in [0, 0.05) is 17.5 Å². The molecule has 0 saturated heterocycles. The highest BCUT2D eigenvalue weighted by atomic mass is 19.1. The summed E-state index contributed by atoms with van der Waals surface area (Å²) in [4.78, 5) is 7.66. The molecule has 0 N–H and O–H groups in total. The molecular formula is C12H5B3FN3. The summed E-state index contributed by atoms with van der Waals surface area (Å²) in [5.41, 5.74) is 1.21. The smallest absolute Gasteiger partial charge is 0.142 e. The molecule has 2 aromatic heterocycles. The van der Waals surface area contributed by atoms with Crippen molar-refractivity contribution in [3.05, 3.63) is 47.8 Å². The van der Waals surface area contributed by atoms with Gasteiger partial charge in [-0.25, -0.2) is 9.37 Å². The van der Waals surface area contributed by atoms with Gasteiger partial charge in [0.15, 0.2) is 0 Å². The monoisotopic (exact) mass is 243 g/mol. The number of hydrogen-bond donors (Lipinski definition) is 0. The Kier molecular flexibility index (Phi) is 3.43. The molecule has 0 amide bonds. The van der Waals surface area contributed by atoms with Crippen molar-refractivity contribution in [1.29, 1.82) is 5.26 Å². The molecule has 0 spiro atoms. The predicted octanol–water partition coefficient (Wildman–Crippen LogP) is 0.770. The van der Waals surface area contributed by atoms with Crippen LogP contribution in [0.5, 0.6) is 0 Å². The molecule has 0 aliphatic rings. The predicted molar refractivity (Wildman–Crippen MR) is 71.1 cm³/mol. The van der Waals surface area contributed by atoms with Crippen LogP contribution < -0.4 is 0 Å². The van der Waals surface area contributed by atoms with E-state index in [0.29, 0.717) is 11.1 Å². The fourth-order valence-corrected chi connectivity index (χ4v) is 1.55. The molecule has 0 fully saturated rings. The van der Waals surface area contributed by atoms with E-state index in [9.17, 15) is 4.39 Å². The molecule has 2 rings (SSSR count). The Morgan fingerprint density at radius 1 is 1.11 bits per heavy atom. The Labute approximate surface area is 114 Å². The van der Waals surface area contributed by atoms with Gasteiger partial charge in [0.05, 0.1) is 29.7 Å². The van der Waals surface area contributed by atoms with Crippen molar-refractivity contribution in [2.45, 2.75) is 5.11 Å². The number of nitrogens with zero attached hydrogens (tertiary/aromatic N) is 3. The lowest BCUT2D eigenvalue weighted by Crippen LogP contribution is -2.28. The van der Waals surface area contributed by atoms with Gasteiger partial charge in [0.1, 0.15) is 17.6 Å². The van der Waals surface area contributed by atoms with E-state index in [1.807, 2.05) is 6.07 Å². The zero-order valence-corrected chi connectivity index (χ0v) is 9.84. The van der Waals surface area contributed by atoms with Crippen LogP contribution in [0.3, 0.4) is 0 Å². The molecular weight excluding hydrogens is 238 g/mol. The van der Waals surface area contributed by atoms with Gasteiger partial charge < -0.3 is 0 Å². The highest BCUT2D eigenvalue weighted by Gasteiger charge is 2.16. The normalized spacial score (nSPS) is 10.9. The lowest BCUT2D eigenvalue weighted by atomic mass is 9.41. The molecule has 3 nitrogen and oxygen atoms in total. The van der Waals surface area contributed by atoms with Crippen LogP contribution in [0.1, 0.15) is 11.4 Å². The summed E-state index contributed by atoms with van der Waals surface area (Å²) in [5, 5.41) is 7.25. The second kappa shape index (κ2) is 4.89. The van der Waals surface area contributed by atoms with E-state index in [1.165, 1.54) is 24.4 Å². The number of aromatic nitrogens is 2. The molecule has 0 unspecified atom stereocenters. The first kappa shape index (κ1) is 13.3. The average molecular weight is 243 g/mol. The van der Waals surface area contributed by atoms with Crippen molar-refractivity contribution >= 4 is 23.5 Å². The number of halogens is 1. The van der Waals surface area contributed by atoms with Gasteiger partial charge in [-0.2, -0.15) is 5.26 Å². The highest BCUT2D eigenvalue weighted by molar-refractivity contribution is 6.58. The lowest BCUT2D eigenvalue weighted by Gasteiger charge is -2.20. The van der Waals surface area contributed by atoms with Gasteiger partial charge in [-0.3, -0.25) is 4.98 Å². The largest absolute Gasteiger partial charge is 0.261 e. The maximum Gasteiger partial charge on any atom is 0.142 e. The minimum atomic E-state index is -1.68. The van der Waals surface area contributed by atoms with Crippen LogP contribution in [-0.4, -0.2) is 33.5 Å². The highest BCUT2D eigenvalue weighted by Crippen LogP contribution is 2.23. The third-order valence-electron chi connectivity index (χ3n) is 2.42. The van der Waals surface area contributed by atoms with Crippen LogP contribution in [0.4, 0.5) is 4.39 Å². The van der Waals surface area contributed by atoms with Crippen molar-refractivity contribution in [3.63, 3.8) is 0 Å². The molecule has 6 radical (unpaired) electrons. The molecule has 2 aromatic rings. The van der Waals surface area contributed by atoms with Crippen LogP contribution in [0.15, 0.2) is 30.6 Å². The van der Waals surface area contributed by atoms with E-state index in [2.05, 4.69) is 9.97 Å². The number of hydrogen-bond acceptors (Lipinski definition) is 3. The van der Waals surface area contributed by atoms with E-state index in [4.69, 9.17) is 28.8 Å². The molecule has 0 atom stereocenters. The Bertz CT molecular complexity index is 662. The summed E-state index contributed by atoms with van der Waals surface area (Å²) < 4.78 is 13.2. The third kappa shape index (κ3) is 3.03. The lowest BCUT2D eigenvalue weighted by molar-refractivity contribution is 0.622. The first-order valence-corrected chi connectivity index (χ1v) is 5.30. The fraction of sp³-hybridized carbons (Fsp3) is 0.0833. The molecule has 0 saturated carbocycles. The molecule has 84 valence electrons. The first-order valence-electron chi connectivity index (χ1n) is 5.30. The summed E-state index contributed by atoms with van der Waals surface area (Å²) in [7, 11) is 16.7. The van der Waals surface area contributed by atoms with Crippen molar-refractivity contribution in [3.8, 4) is 17.2 Å². The quantitative estimate of drug-likeness (QED) is 0.731. The van der Waals surface area contributed by atoms with Crippen molar-refractivity contribution in [2.24, 2.45) is 0 Å². The zero-order valence-electron chi connectivity index (χ0n) is 9.84. The molecule has 7 heteroatoms. The topological polar surface area (TPSA) is 49.6 Å². The van der Waals surface area contributed by atoms with Gasteiger partial charge in [0.25, 0.3) is 0 Å². The van der Waals surface area contributed by atoms with Gasteiger partial charge in [-0.1, -0.05) is 5.11 Å². The summed E-state index contributed by atoms with van der Waals surface area (Å²) in [6, 6.07) is 6.12. The molecule has 2 heterocycles. The van der Waals surface area contributed by atoms with Crippen LogP contribution in [0.25, 0.3) is 11.1 Å². The third-order valence-corrected chi connectivity index (χ3v) is 2.42. The SMILES string of the molecule is [B]C([B])([B])c1cc(-c2cncc(F)c2)cc(C#N)n1. The maximum absolute atomic E-state index is 13.2. The van der Waals surface area contributed by atoms with E-state index < -0.39 is 10.9 Å². The Balaban J connectivity index is 2.61. The van der Waals surface area contributed by atoms with E-state index >= 15 is 0 Å². The fourth-order valence-electron chi connectivity index (χ4n) is 1.55. The summed E-state index contributed by atoms with van der Waals surface area (Å²) in [5.74, 6) is -0.492. The van der Waals surface area contributed by atoms with Crippen LogP contribution in [-0.2, 0) is 5.11 Å². The van der Waals surface area contributed by atoms with Gasteiger partial charge in [0.2, 0.25) is 0 Å². The number of nitriles is 1. The maximum atomic E-state index is 13.2. The second-order valence-electron chi connectivity index (χ2n) is 4.06. The molecule has 0 aromatic carbocycles. The molecule has 0 bridgehead atoms. The van der Waals surface area contributed by atoms with Gasteiger partial charge in [-0.05, 0) is 23.8 Å². The van der Waals surface area contributed by atoms with Gasteiger partial charge >= 0.3 is 0 Å². The van der Waals surface area contributed by atoms with Crippen LogP contribution in [0.2, 0.25) is 0 Å². The number of pyridine rings is 2. The number of rotatable bonds is 2. The Hall–Kier alpha value is -2.09. The van der Waals surface area contributed by atoms with E-state index in [1.54, 1.807) is 0 Å². The van der Waals surface area contributed by atoms with Crippen LogP contribution >= 0.6 is 0 Å². The van der Waals surface area contributed by atoms with Crippen molar-refractivity contribution < 1.29 is 4.39 Å². The summed E-state index contributed by atoms with van der Waals surface area (Å²) >= 11 is 0. The molecule has 0 aliphatic carbocycles.